The van der Waals surface area contributed by atoms with Crippen LogP contribution in [0, 0.1) is 0 Å². The zero-order valence-corrected chi connectivity index (χ0v) is 5.72. The van der Waals surface area contributed by atoms with Gasteiger partial charge in [-0.3, -0.25) is 0 Å². The highest BCUT2D eigenvalue weighted by atomic mass is 14.6. The van der Waals surface area contributed by atoms with Crippen molar-refractivity contribution in [1.29, 1.82) is 0 Å². The maximum Gasteiger partial charge on any atom is 0.00707 e. The number of hydrogen-bond donors (Lipinski definition) is 1. The molecule has 0 fully saturated rings. The lowest BCUT2D eigenvalue weighted by Gasteiger charge is -2.01. The first-order valence-corrected chi connectivity index (χ1v) is 3.18. The van der Waals surface area contributed by atoms with Gasteiger partial charge in [-0.05, 0) is 19.8 Å². The SMILES string of the molecule is CC=CCC(N)CC. The first kappa shape index (κ1) is 7.70. The fraction of sp³-hybridized carbons (Fsp3) is 0.714. The standard InChI is InChI=1S/C7H15N/c1-3-5-6-7(8)4-2/h3,5,7H,4,6,8H2,1-2H3. The highest BCUT2D eigenvalue weighted by Gasteiger charge is 1.91. The third kappa shape index (κ3) is 3.88. The van der Waals surface area contributed by atoms with E-state index in [1.807, 2.05) is 13.0 Å². The van der Waals surface area contributed by atoms with Gasteiger partial charge in [0.05, 0.1) is 0 Å². The highest BCUT2D eigenvalue weighted by Crippen LogP contribution is 1.93. The fourth-order valence-electron chi connectivity index (χ4n) is 0.478. The van der Waals surface area contributed by atoms with Crippen LogP contribution in [0.15, 0.2) is 12.2 Å². The molecule has 0 aliphatic heterocycles. The second kappa shape index (κ2) is 4.85. The first-order valence-electron chi connectivity index (χ1n) is 3.18. The third-order valence-electron chi connectivity index (χ3n) is 1.20. The lowest BCUT2D eigenvalue weighted by molar-refractivity contribution is 0.659. The highest BCUT2D eigenvalue weighted by molar-refractivity contribution is 4.81. The maximum atomic E-state index is 5.61. The van der Waals surface area contributed by atoms with Gasteiger partial charge in [0.15, 0.2) is 0 Å². The molecule has 0 bridgehead atoms. The fourth-order valence-corrected chi connectivity index (χ4v) is 0.478. The predicted octanol–water partition coefficient (Wildman–Crippen LogP) is 1.69. The van der Waals surface area contributed by atoms with Crippen LogP contribution >= 0.6 is 0 Å². The lowest BCUT2D eigenvalue weighted by Crippen LogP contribution is -2.16. The summed E-state index contributed by atoms with van der Waals surface area (Å²) in [7, 11) is 0. The van der Waals surface area contributed by atoms with Crippen LogP contribution in [0.3, 0.4) is 0 Å². The van der Waals surface area contributed by atoms with E-state index in [1.165, 1.54) is 0 Å². The van der Waals surface area contributed by atoms with Gasteiger partial charge < -0.3 is 5.73 Å². The van der Waals surface area contributed by atoms with Gasteiger partial charge in [0, 0.05) is 6.04 Å². The van der Waals surface area contributed by atoms with Crippen molar-refractivity contribution < 1.29 is 0 Å². The van der Waals surface area contributed by atoms with E-state index in [1.54, 1.807) is 0 Å². The van der Waals surface area contributed by atoms with Crippen LogP contribution < -0.4 is 5.73 Å². The summed E-state index contributed by atoms with van der Waals surface area (Å²) in [6.45, 7) is 4.12. The van der Waals surface area contributed by atoms with Gasteiger partial charge in [-0.1, -0.05) is 19.1 Å². The summed E-state index contributed by atoms with van der Waals surface area (Å²) in [5, 5.41) is 0. The molecule has 0 aromatic rings. The van der Waals surface area contributed by atoms with Crippen molar-refractivity contribution in [2.45, 2.75) is 32.7 Å². The minimum atomic E-state index is 0.367. The Morgan fingerprint density at radius 2 is 2.25 bits per heavy atom. The molecule has 1 heteroatoms. The maximum absolute atomic E-state index is 5.61. The molecule has 0 aliphatic rings. The van der Waals surface area contributed by atoms with Gasteiger partial charge in [0.25, 0.3) is 0 Å². The Morgan fingerprint density at radius 3 is 2.62 bits per heavy atom. The molecule has 0 saturated carbocycles. The molecule has 0 heterocycles. The molecule has 2 N–H and O–H groups in total. The number of hydrogen-bond acceptors (Lipinski definition) is 1. The normalized spacial score (nSPS) is 14.9. The van der Waals surface area contributed by atoms with E-state index in [0.717, 1.165) is 12.8 Å². The van der Waals surface area contributed by atoms with E-state index < -0.39 is 0 Å². The van der Waals surface area contributed by atoms with Gasteiger partial charge in [-0.25, -0.2) is 0 Å². The Labute approximate surface area is 51.6 Å². The zero-order chi connectivity index (χ0) is 6.41. The molecule has 1 unspecified atom stereocenters. The molecule has 1 nitrogen and oxygen atoms in total. The van der Waals surface area contributed by atoms with Crippen LogP contribution in [0.2, 0.25) is 0 Å². The third-order valence-corrected chi connectivity index (χ3v) is 1.20. The van der Waals surface area contributed by atoms with Crippen molar-refractivity contribution >= 4 is 0 Å². The molecule has 0 aromatic heterocycles. The molecule has 0 amide bonds. The Bertz CT molecular complexity index is 66.8. The molecular weight excluding hydrogens is 98.1 g/mol. The minimum absolute atomic E-state index is 0.367. The van der Waals surface area contributed by atoms with E-state index in [9.17, 15) is 0 Å². The second-order valence-electron chi connectivity index (χ2n) is 1.97. The van der Waals surface area contributed by atoms with E-state index >= 15 is 0 Å². The van der Waals surface area contributed by atoms with Crippen molar-refractivity contribution in [2.24, 2.45) is 5.73 Å². The first-order chi connectivity index (χ1) is 3.81. The molecule has 0 saturated heterocycles. The molecule has 0 aromatic carbocycles. The van der Waals surface area contributed by atoms with E-state index in [4.69, 9.17) is 5.73 Å². The Morgan fingerprint density at radius 1 is 1.62 bits per heavy atom. The molecule has 0 spiro atoms. The van der Waals surface area contributed by atoms with Crippen LogP contribution in [0.5, 0.6) is 0 Å². The summed E-state index contributed by atoms with van der Waals surface area (Å²) in [4.78, 5) is 0. The smallest absolute Gasteiger partial charge is 0.00707 e. The van der Waals surface area contributed by atoms with Gasteiger partial charge in [0.1, 0.15) is 0 Å². The van der Waals surface area contributed by atoms with Gasteiger partial charge in [-0.2, -0.15) is 0 Å². The second-order valence-corrected chi connectivity index (χ2v) is 1.97. The summed E-state index contributed by atoms with van der Waals surface area (Å²) in [5.74, 6) is 0. The van der Waals surface area contributed by atoms with Gasteiger partial charge in [0.2, 0.25) is 0 Å². The number of allylic oxidation sites excluding steroid dienone is 1. The Hall–Kier alpha value is -0.300. The van der Waals surface area contributed by atoms with Crippen molar-refractivity contribution in [3.63, 3.8) is 0 Å². The average molecular weight is 113 g/mol. The summed E-state index contributed by atoms with van der Waals surface area (Å²) >= 11 is 0. The van der Waals surface area contributed by atoms with Crippen molar-refractivity contribution in [3.8, 4) is 0 Å². The van der Waals surface area contributed by atoms with Crippen molar-refractivity contribution in [1.82, 2.24) is 0 Å². The van der Waals surface area contributed by atoms with E-state index in [2.05, 4.69) is 13.0 Å². The molecule has 1 atom stereocenters. The van der Waals surface area contributed by atoms with E-state index in [-0.39, 0.29) is 0 Å². The minimum Gasteiger partial charge on any atom is -0.327 e. The predicted molar refractivity (Wildman–Crippen MR) is 37.7 cm³/mol. The van der Waals surface area contributed by atoms with Gasteiger partial charge in [-0.15, -0.1) is 0 Å². The summed E-state index contributed by atoms with van der Waals surface area (Å²) in [6, 6.07) is 0.367. The zero-order valence-electron chi connectivity index (χ0n) is 5.72. The molecule has 8 heavy (non-hydrogen) atoms. The number of rotatable bonds is 3. The van der Waals surface area contributed by atoms with Crippen LogP contribution in [0.25, 0.3) is 0 Å². The Kier molecular flexibility index (Phi) is 4.67. The molecule has 48 valence electrons. The largest absolute Gasteiger partial charge is 0.327 e. The van der Waals surface area contributed by atoms with Crippen LogP contribution in [0.1, 0.15) is 26.7 Å². The summed E-state index contributed by atoms with van der Waals surface area (Å²) in [6.07, 6.45) is 6.24. The summed E-state index contributed by atoms with van der Waals surface area (Å²) in [5.41, 5.74) is 5.61. The quantitative estimate of drug-likeness (QED) is 0.554. The summed E-state index contributed by atoms with van der Waals surface area (Å²) < 4.78 is 0. The molecule has 0 rings (SSSR count). The van der Waals surface area contributed by atoms with Crippen LogP contribution in [-0.2, 0) is 0 Å². The van der Waals surface area contributed by atoms with Crippen LogP contribution in [0.4, 0.5) is 0 Å². The average Bonchev–Trinajstić information content (AvgIpc) is 1.83. The topological polar surface area (TPSA) is 26.0 Å². The molecule has 0 radical (unpaired) electrons. The monoisotopic (exact) mass is 113 g/mol. The van der Waals surface area contributed by atoms with Crippen LogP contribution in [-0.4, -0.2) is 6.04 Å². The molecular formula is C7H15N. The number of nitrogens with two attached hydrogens (primary N) is 1. The van der Waals surface area contributed by atoms with Gasteiger partial charge >= 0.3 is 0 Å². The van der Waals surface area contributed by atoms with Crippen molar-refractivity contribution in [2.75, 3.05) is 0 Å². The van der Waals surface area contributed by atoms with Crippen molar-refractivity contribution in [3.05, 3.63) is 12.2 Å². The lowest BCUT2D eigenvalue weighted by atomic mass is 10.2. The molecule has 0 aliphatic carbocycles. The van der Waals surface area contributed by atoms with E-state index in [0.29, 0.717) is 6.04 Å². The Balaban J connectivity index is 3.10.